The Labute approximate surface area is 123 Å². The van der Waals surface area contributed by atoms with E-state index in [4.69, 9.17) is 0 Å². The van der Waals surface area contributed by atoms with Gasteiger partial charge >= 0.3 is 0 Å². The first-order chi connectivity index (χ1) is 10.0. The molecule has 0 radical (unpaired) electrons. The quantitative estimate of drug-likeness (QED) is 0.638. The molecule has 0 bridgehead atoms. The molecular weight excluding hydrogens is 272 g/mol. The fourth-order valence-corrected chi connectivity index (χ4v) is 2.69. The molecule has 1 amide bonds. The minimum atomic E-state index is -0.465. The van der Waals surface area contributed by atoms with Gasteiger partial charge in [0.05, 0.1) is 11.1 Å². The van der Waals surface area contributed by atoms with Crippen molar-refractivity contribution in [1.82, 2.24) is 15.2 Å². The van der Waals surface area contributed by atoms with E-state index in [1.54, 1.807) is 4.57 Å². The van der Waals surface area contributed by atoms with Crippen molar-refractivity contribution in [3.63, 3.8) is 0 Å². The molecular formula is C14H22N4O3. The molecule has 1 aromatic heterocycles. The van der Waals surface area contributed by atoms with E-state index in [0.29, 0.717) is 12.2 Å². The highest BCUT2D eigenvalue weighted by atomic mass is 16.6. The molecule has 2 rings (SSSR count). The Balaban J connectivity index is 2.15. The van der Waals surface area contributed by atoms with Crippen LogP contribution in [0.15, 0.2) is 12.3 Å². The Morgan fingerprint density at radius 1 is 1.62 bits per heavy atom. The lowest BCUT2D eigenvalue weighted by atomic mass is 10.00. The lowest BCUT2D eigenvalue weighted by molar-refractivity contribution is -0.384. The maximum atomic E-state index is 12.4. The highest BCUT2D eigenvalue weighted by Gasteiger charge is 2.25. The van der Waals surface area contributed by atoms with Gasteiger partial charge in [-0.05, 0) is 32.7 Å². The second kappa shape index (κ2) is 6.71. The van der Waals surface area contributed by atoms with Gasteiger partial charge < -0.3 is 15.2 Å². The van der Waals surface area contributed by atoms with E-state index in [2.05, 4.69) is 10.6 Å². The van der Waals surface area contributed by atoms with Crippen LogP contribution in [0.1, 0.15) is 43.6 Å². The summed E-state index contributed by atoms with van der Waals surface area (Å²) in [4.78, 5) is 22.8. The first kappa shape index (κ1) is 15.5. The van der Waals surface area contributed by atoms with Gasteiger partial charge in [-0.2, -0.15) is 0 Å². The average molecular weight is 294 g/mol. The van der Waals surface area contributed by atoms with Crippen molar-refractivity contribution in [1.29, 1.82) is 0 Å². The smallest absolute Gasteiger partial charge is 0.287 e. The zero-order chi connectivity index (χ0) is 15.4. The van der Waals surface area contributed by atoms with Crippen LogP contribution < -0.4 is 10.6 Å². The van der Waals surface area contributed by atoms with Crippen LogP contribution in [-0.2, 0) is 6.54 Å². The standard InChI is InChI=1S/C14H22N4O3/c1-3-7-17-9-11(18(20)21)8-13(17)14(19)16-12-5-4-6-15-10(12)2/h8-10,12,15H,3-7H2,1-2H3,(H,16,19). The van der Waals surface area contributed by atoms with Crippen LogP contribution in [0.4, 0.5) is 5.69 Å². The second-order valence-corrected chi connectivity index (χ2v) is 5.50. The van der Waals surface area contributed by atoms with Crippen molar-refractivity contribution in [2.75, 3.05) is 6.54 Å². The first-order valence-corrected chi connectivity index (χ1v) is 7.41. The van der Waals surface area contributed by atoms with Gasteiger partial charge in [-0.25, -0.2) is 0 Å². The number of aromatic nitrogens is 1. The van der Waals surface area contributed by atoms with Gasteiger partial charge in [-0.15, -0.1) is 0 Å². The minimum absolute atomic E-state index is 0.0385. The lowest BCUT2D eigenvalue weighted by Gasteiger charge is -2.30. The summed E-state index contributed by atoms with van der Waals surface area (Å²) in [5.74, 6) is -0.239. The SMILES string of the molecule is CCCn1cc([N+](=O)[O-])cc1C(=O)NC1CCCNC1C. The van der Waals surface area contributed by atoms with Crippen molar-refractivity contribution in [3.05, 3.63) is 28.1 Å². The molecule has 2 N–H and O–H groups in total. The van der Waals surface area contributed by atoms with E-state index in [0.717, 1.165) is 25.8 Å². The number of nitrogens with zero attached hydrogens (tertiary/aromatic N) is 2. The maximum Gasteiger partial charge on any atom is 0.287 e. The molecule has 1 aliphatic heterocycles. The fourth-order valence-electron chi connectivity index (χ4n) is 2.69. The molecule has 7 nitrogen and oxygen atoms in total. The van der Waals surface area contributed by atoms with Crippen molar-refractivity contribution in [3.8, 4) is 0 Å². The van der Waals surface area contributed by atoms with Gasteiger partial charge in [0.25, 0.3) is 11.6 Å². The molecule has 2 heterocycles. The van der Waals surface area contributed by atoms with Crippen molar-refractivity contribution in [2.24, 2.45) is 0 Å². The van der Waals surface area contributed by atoms with Gasteiger partial charge in [0, 0.05) is 24.7 Å². The zero-order valence-electron chi connectivity index (χ0n) is 12.5. The highest BCUT2D eigenvalue weighted by Crippen LogP contribution is 2.18. The van der Waals surface area contributed by atoms with E-state index >= 15 is 0 Å². The summed E-state index contributed by atoms with van der Waals surface area (Å²) in [6, 6.07) is 1.63. The van der Waals surface area contributed by atoms with Crippen LogP contribution in [0, 0.1) is 10.1 Å². The summed E-state index contributed by atoms with van der Waals surface area (Å²) >= 11 is 0. The molecule has 1 aliphatic rings. The zero-order valence-corrected chi connectivity index (χ0v) is 12.5. The van der Waals surface area contributed by atoms with Crippen LogP contribution in [-0.4, -0.2) is 34.0 Å². The van der Waals surface area contributed by atoms with Crippen molar-refractivity contribution >= 4 is 11.6 Å². The maximum absolute atomic E-state index is 12.4. The number of nitrogens with one attached hydrogen (secondary N) is 2. The van der Waals surface area contributed by atoms with Crippen LogP contribution in [0.25, 0.3) is 0 Å². The third-order valence-electron chi connectivity index (χ3n) is 3.87. The molecule has 0 aliphatic carbocycles. The summed E-state index contributed by atoms with van der Waals surface area (Å²) in [5.41, 5.74) is 0.324. The summed E-state index contributed by atoms with van der Waals surface area (Å²) in [6.45, 7) is 5.57. The number of piperidine rings is 1. The van der Waals surface area contributed by atoms with E-state index in [-0.39, 0.29) is 23.7 Å². The van der Waals surface area contributed by atoms with Crippen molar-refractivity contribution < 1.29 is 9.72 Å². The predicted octanol–water partition coefficient (Wildman–Crippen LogP) is 1.68. The predicted molar refractivity (Wildman–Crippen MR) is 79.3 cm³/mol. The number of nitro groups is 1. The molecule has 21 heavy (non-hydrogen) atoms. The summed E-state index contributed by atoms with van der Waals surface area (Å²) in [6.07, 6.45) is 4.19. The first-order valence-electron chi connectivity index (χ1n) is 7.41. The van der Waals surface area contributed by atoms with Crippen LogP contribution in [0.3, 0.4) is 0 Å². The Kier molecular flexibility index (Phi) is 4.95. The summed E-state index contributed by atoms with van der Waals surface area (Å²) in [7, 11) is 0. The molecule has 1 fully saturated rings. The number of carbonyl (C=O) groups is 1. The molecule has 0 spiro atoms. The fraction of sp³-hybridized carbons (Fsp3) is 0.643. The largest absolute Gasteiger partial charge is 0.346 e. The molecule has 1 aromatic rings. The highest BCUT2D eigenvalue weighted by molar-refractivity contribution is 5.93. The minimum Gasteiger partial charge on any atom is -0.346 e. The van der Waals surface area contributed by atoms with E-state index in [9.17, 15) is 14.9 Å². The summed E-state index contributed by atoms with van der Waals surface area (Å²) in [5, 5.41) is 17.2. The lowest BCUT2D eigenvalue weighted by Crippen LogP contribution is -2.52. The van der Waals surface area contributed by atoms with Gasteiger partial charge in [-0.1, -0.05) is 6.92 Å². The number of amides is 1. The molecule has 2 unspecified atom stereocenters. The number of rotatable bonds is 5. The Morgan fingerprint density at radius 3 is 3.00 bits per heavy atom. The summed E-state index contributed by atoms with van der Waals surface area (Å²) < 4.78 is 1.66. The van der Waals surface area contributed by atoms with Gasteiger partial charge in [0.2, 0.25) is 0 Å². The molecule has 0 saturated carbocycles. The number of carbonyl (C=O) groups excluding carboxylic acids is 1. The third kappa shape index (κ3) is 3.60. The van der Waals surface area contributed by atoms with Gasteiger partial charge in [0.15, 0.2) is 0 Å². The molecule has 1 saturated heterocycles. The van der Waals surface area contributed by atoms with Crippen LogP contribution in [0.2, 0.25) is 0 Å². The molecule has 0 aromatic carbocycles. The Bertz CT molecular complexity index is 526. The van der Waals surface area contributed by atoms with Crippen LogP contribution >= 0.6 is 0 Å². The van der Waals surface area contributed by atoms with Crippen LogP contribution in [0.5, 0.6) is 0 Å². The molecule has 7 heteroatoms. The number of hydrogen-bond acceptors (Lipinski definition) is 4. The Hall–Kier alpha value is -1.89. The topological polar surface area (TPSA) is 89.2 Å². The monoisotopic (exact) mass is 294 g/mol. The van der Waals surface area contributed by atoms with E-state index in [1.165, 1.54) is 12.3 Å². The average Bonchev–Trinajstić information content (AvgIpc) is 2.86. The third-order valence-corrected chi connectivity index (χ3v) is 3.87. The second-order valence-electron chi connectivity index (χ2n) is 5.50. The van der Waals surface area contributed by atoms with E-state index < -0.39 is 4.92 Å². The number of hydrogen-bond donors (Lipinski definition) is 2. The number of aryl methyl sites for hydroxylation is 1. The van der Waals surface area contributed by atoms with Crippen molar-refractivity contribution in [2.45, 2.75) is 51.7 Å². The normalized spacial score (nSPS) is 22.0. The van der Waals surface area contributed by atoms with E-state index in [1.807, 2.05) is 13.8 Å². The van der Waals surface area contributed by atoms with Gasteiger partial charge in [0.1, 0.15) is 5.69 Å². The Morgan fingerprint density at radius 2 is 2.38 bits per heavy atom. The van der Waals surface area contributed by atoms with Gasteiger partial charge in [-0.3, -0.25) is 14.9 Å². The molecule has 2 atom stereocenters. The molecule has 116 valence electrons.